The van der Waals surface area contributed by atoms with Gasteiger partial charge in [-0.15, -0.1) is 0 Å². The van der Waals surface area contributed by atoms with Gasteiger partial charge in [0.2, 0.25) is 5.78 Å². The van der Waals surface area contributed by atoms with Gasteiger partial charge in [-0.25, -0.2) is 15.1 Å². The van der Waals surface area contributed by atoms with E-state index in [2.05, 4.69) is 19.5 Å². The third kappa shape index (κ3) is 6.44. The Morgan fingerprint density at radius 1 is 1.34 bits per heavy atom. The smallest absolute Gasteiger partial charge is 0.333 e. The third-order valence-corrected chi connectivity index (χ3v) is 6.63. The molecule has 0 amide bonds. The molecular formula is C23H25ClN4O6S. The van der Waals surface area contributed by atoms with Crippen molar-refractivity contribution in [3.63, 3.8) is 0 Å². The number of furan rings is 1. The van der Waals surface area contributed by atoms with Crippen molar-refractivity contribution in [2.45, 2.75) is 38.3 Å². The van der Waals surface area contributed by atoms with Crippen molar-refractivity contribution in [1.29, 1.82) is 0 Å². The first-order valence-electron chi connectivity index (χ1n) is 10.9. The largest absolute Gasteiger partial charge is 0.458 e. The molecule has 0 unspecified atom stereocenters. The molecule has 35 heavy (non-hydrogen) atoms. The molecule has 1 saturated carbocycles. The molecular weight excluding hydrogens is 496 g/mol. The van der Waals surface area contributed by atoms with Crippen molar-refractivity contribution in [2.24, 2.45) is 11.1 Å². The number of carbonyl (C=O) groups is 1. The Morgan fingerprint density at radius 3 is 2.89 bits per heavy atom. The van der Waals surface area contributed by atoms with Crippen LogP contribution in [0.15, 0.2) is 47.3 Å². The van der Waals surface area contributed by atoms with Crippen molar-refractivity contribution >= 4 is 33.5 Å². The average molecular weight is 521 g/mol. The van der Waals surface area contributed by atoms with Crippen LogP contribution in [0.2, 0.25) is 5.02 Å². The molecule has 1 aromatic carbocycles. The summed E-state index contributed by atoms with van der Waals surface area (Å²) in [7, 11) is -4.10. The standard InChI is InChI=1S/C23H25ClN4O6S/c1-13-15(5-14-3-2-4-17(24)6-14)8-21(34-13)22(30)19-10-26-12-27-23(19)28-18-7-16(20(29)9-18)11-33-35(25,31)32/h2-4,6,8,10,12,16,18,20,29H,5,7,9,11H2,1H3,(H2,25,31,32)(H,26,27,28)/t16-,18-,20-/m1/s1. The Kier molecular flexibility index (Phi) is 7.53. The lowest BCUT2D eigenvalue weighted by Gasteiger charge is -2.15. The molecule has 10 nitrogen and oxygen atoms in total. The van der Waals surface area contributed by atoms with E-state index in [1.807, 2.05) is 18.2 Å². The van der Waals surface area contributed by atoms with Crippen LogP contribution in [0, 0.1) is 12.8 Å². The highest BCUT2D eigenvalue weighted by molar-refractivity contribution is 7.84. The number of hydrogen-bond acceptors (Lipinski definition) is 9. The van der Waals surface area contributed by atoms with E-state index in [0.717, 1.165) is 11.1 Å². The topological polar surface area (TPSA) is 158 Å². The maximum atomic E-state index is 13.3. The summed E-state index contributed by atoms with van der Waals surface area (Å²) in [6.45, 7) is 1.57. The van der Waals surface area contributed by atoms with Crippen molar-refractivity contribution in [2.75, 3.05) is 11.9 Å². The van der Waals surface area contributed by atoms with E-state index in [4.69, 9.17) is 21.2 Å². The summed E-state index contributed by atoms with van der Waals surface area (Å²) in [5.41, 5.74) is 2.07. The van der Waals surface area contributed by atoms with E-state index in [-0.39, 0.29) is 29.8 Å². The number of ketones is 1. The Hall–Kier alpha value is -2.83. The second kappa shape index (κ2) is 10.4. The molecule has 12 heteroatoms. The molecule has 2 aromatic heterocycles. The summed E-state index contributed by atoms with van der Waals surface area (Å²) in [5.74, 6) is 0.245. The highest BCUT2D eigenvalue weighted by Crippen LogP contribution is 2.30. The Balaban J connectivity index is 1.48. The fraction of sp³-hybridized carbons (Fsp3) is 0.348. The molecule has 0 radical (unpaired) electrons. The summed E-state index contributed by atoms with van der Waals surface area (Å²) < 4.78 is 32.5. The third-order valence-electron chi connectivity index (χ3n) is 5.93. The monoisotopic (exact) mass is 520 g/mol. The van der Waals surface area contributed by atoms with Crippen LogP contribution in [-0.2, 0) is 20.9 Å². The maximum Gasteiger partial charge on any atom is 0.333 e. The van der Waals surface area contributed by atoms with Crippen molar-refractivity contribution in [3.8, 4) is 0 Å². The lowest BCUT2D eigenvalue weighted by atomic mass is 10.0. The van der Waals surface area contributed by atoms with E-state index in [1.54, 1.807) is 19.1 Å². The molecule has 0 spiro atoms. The number of nitrogens with two attached hydrogens (primary N) is 1. The highest BCUT2D eigenvalue weighted by atomic mass is 35.5. The zero-order chi connectivity index (χ0) is 25.2. The quantitative estimate of drug-likeness (QED) is 0.360. The lowest BCUT2D eigenvalue weighted by molar-refractivity contribution is 0.100. The predicted octanol–water partition coefficient (Wildman–Crippen LogP) is 2.62. The van der Waals surface area contributed by atoms with Gasteiger partial charge in [0.25, 0.3) is 0 Å². The number of aliphatic hydroxyl groups is 1. The Morgan fingerprint density at radius 2 is 2.14 bits per heavy atom. The van der Waals surface area contributed by atoms with Gasteiger partial charge in [0.05, 0.1) is 18.3 Å². The zero-order valence-electron chi connectivity index (χ0n) is 18.8. The molecule has 1 fully saturated rings. The van der Waals surface area contributed by atoms with Crippen LogP contribution in [-0.4, -0.2) is 48.0 Å². The summed E-state index contributed by atoms with van der Waals surface area (Å²) in [5, 5.41) is 18.9. The van der Waals surface area contributed by atoms with Gasteiger partial charge in [-0.1, -0.05) is 23.7 Å². The first kappa shape index (κ1) is 25.3. The maximum absolute atomic E-state index is 13.3. The molecule has 3 atom stereocenters. The van der Waals surface area contributed by atoms with Gasteiger partial charge >= 0.3 is 10.3 Å². The van der Waals surface area contributed by atoms with E-state index in [9.17, 15) is 18.3 Å². The minimum atomic E-state index is -4.10. The van der Waals surface area contributed by atoms with E-state index < -0.39 is 22.3 Å². The summed E-state index contributed by atoms with van der Waals surface area (Å²) in [4.78, 5) is 21.5. The number of halogens is 1. The van der Waals surface area contributed by atoms with Crippen LogP contribution < -0.4 is 10.5 Å². The van der Waals surface area contributed by atoms with Crippen LogP contribution >= 0.6 is 11.6 Å². The molecule has 0 saturated heterocycles. The van der Waals surface area contributed by atoms with E-state index in [1.165, 1.54) is 12.5 Å². The number of aliphatic hydroxyl groups excluding tert-OH is 1. The molecule has 0 bridgehead atoms. The van der Waals surface area contributed by atoms with Crippen LogP contribution in [0.3, 0.4) is 0 Å². The number of anilines is 1. The fourth-order valence-electron chi connectivity index (χ4n) is 4.19. The first-order valence-corrected chi connectivity index (χ1v) is 12.7. The van der Waals surface area contributed by atoms with Gasteiger partial charge in [0, 0.05) is 29.6 Å². The fourth-order valence-corrected chi connectivity index (χ4v) is 4.77. The van der Waals surface area contributed by atoms with Gasteiger partial charge in [0.15, 0.2) is 5.76 Å². The number of aryl methyl sites for hydroxylation is 1. The second-order valence-corrected chi connectivity index (χ2v) is 10.2. The van der Waals surface area contributed by atoms with Gasteiger partial charge in [0.1, 0.15) is 17.9 Å². The molecule has 3 aromatic rings. The molecule has 0 aliphatic heterocycles. The van der Waals surface area contributed by atoms with Gasteiger partial charge in [-0.2, -0.15) is 8.42 Å². The van der Waals surface area contributed by atoms with Crippen LogP contribution in [0.25, 0.3) is 0 Å². The summed E-state index contributed by atoms with van der Waals surface area (Å²) in [6, 6.07) is 8.91. The van der Waals surface area contributed by atoms with Crippen LogP contribution in [0.5, 0.6) is 0 Å². The zero-order valence-corrected chi connectivity index (χ0v) is 20.4. The number of hydrogen-bond donors (Lipinski definition) is 3. The van der Waals surface area contributed by atoms with Crippen LogP contribution in [0.4, 0.5) is 5.82 Å². The van der Waals surface area contributed by atoms with E-state index >= 15 is 0 Å². The molecule has 186 valence electrons. The number of carbonyl (C=O) groups excluding carboxylic acids is 1. The van der Waals surface area contributed by atoms with Gasteiger partial charge in [-0.3, -0.25) is 8.98 Å². The highest BCUT2D eigenvalue weighted by Gasteiger charge is 2.35. The summed E-state index contributed by atoms with van der Waals surface area (Å²) >= 11 is 6.08. The first-order chi connectivity index (χ1) is 16.6. The SMILES string of the molecule is Cc1oc(C(=O)c2cncnc2N[C@@H]2C[C@H](COS(N)(=O)=O)[C@H](O)C2)cc1Cc1cccc(Cl)c1. The Bertz CT molecular complexity index is 1330. The summed E-state index contributed by atoms with van der Waals surface area (Å²) in [6.07, 6.45) is 3.19. The second-order valence-electron chi connectivity index (χ2n) is 8.53. The number of nitrogens with zero attached hydrogens (tertiary/aromatic N) is 2. The minimum Gasteiger partial charge on any atom is -0.458 e. The normalized spacial score (nSPS) is 20.2. The van der Waals surface area contributed by atoms with Crippen LogP contribution in [0.1, 0.15) is 45.8 Å². The number of benzene rings is 1. The molecule has 2 heterocycles. The number of rotatable bonds is 9. The molecule has 1 aliphatic carbocycles. The van der Waals surface area contributed by atoms with Crippen molar-refractivity contribution in [3.05, 3.63) is 76.1 Å². The minimum absolute atomic E-state index is 0.156. The van der Waals surface area contributed by atoms with Gasteiger partial charge in [-0.05, 0) is 49.1 Å². The average Bonchev–Trinajstić information content (AvgIpc) is 3.33. The predicted molar refractivity (Wildman–Crippen MR) is 128 cm³/mol. The van der Waals surface area contributed by atoms with Gasteiger partial charge < -0.3 is 14.8 Å². The number of aromatic nitrogens is 2. The van der Waals surface area contributed by atoms with Crippen molar-refractivity contribution < 1.29 is 26.9 Å². The van der Waals surface area contributed by atoms with Crippen molar-refractivity contribution in [1.82, 2.24) is 9.97 Å². The number of nitrogens with one attached hydrogen (secondary N) is 1. The molecule has 4 rings (SSSR count). The molecule has 4 N–H and O–H groups in total. The van der Waals surface area contributed by atoms with E-state index in [0.29, 0.717) is 35.9 Å². The lowest BCUT2D eigenvalue weighted by Crippen LogP contribution is -2.24. The molecule has 1 aliphatic rings. The Labute approximate surface area is 207 Å².